The molecular formula is C20H21BrFNO5. The van der Waals surface area contributed by atoms with Gasteiger partial charge in [0.05, 0.1) is 24.5 Å². The Morgan fingerprint density at radius 3 is 2.54 bits per heavy atom. The van der Waals surface area contributed by atoms with Crippen LogP contribution in [0.3, 0.4) is 0 Å². The van der Waals surface area contributed by atoms with E-state index >= 15 is 0 Å². The number of hydrogen-bond acceptors (Lipinski definition) is 5. The van der Waals surface area contributed by atoms with E-state index in [1.54, 1.807) is 12.1 Å². The maximum absolute atomic E-state index is 13.7. The van der Waals surface area contributed by atoms with E-state index in [-0.39, 0.29) is 11.3 Å². The minimum absolute atomic E-state index is 0.000284. The third-order valence-corrected chi connectivity index (χ3v) is 3.97. The van der Waals surface area contributed by atoms with Crippen LogP contribution < -0.4 is 14.8 Å². The smallest absolute Gasteiger partial charge is 0.338 e. The van der Waals surface area contributed by atoms with Crippen molar-refractivity contribution in [2.24, 2.45) is 0 Å². The van der Waals surface area contributed by atoms with Gasteiger partial charge in [-0.3, -0.25) is 4.79 Å². The molecule has 0 heterocycles. The van der Waals surface area contributed by atoms with E-state index in [9.17, 15) is 14.0 Å². The summed E-state index contributed by atoms with van der Waals surface area (Å²) < 4.78 is 30.4. The number of rotatable bonds is 9. The van der Waals surface area contributed by atoms with Gasteiger partial charge in [0.25, 0.3) is 5.91 Å². The summed E-state index contributed by atoms with van der Waals surface area (Å²) in [5.41, 5.74) is 0.218. The maximum atomic E-state index is 13.7. The molecular weight excluding hydrogens is 433 g/mol. The first kappa shape index (κ1) is 21.7. The average molecular weight is 454 g/mol. The van der Waals surface area contributed by atoms with E-state index in [1.807, 2.05) is 13.8 Å². The van der Waals surface area contributed by atoms with E-state index in [0.29, 0.717) is 29.2 Å². The van der Waals surface area contributed by atoms with Crippen LogP contribution >= 0.6 is 15.9 Å². The lowest BCUT2D eigenvalue weighted by Gasteiger charge is -2.13. The summed E-state index contributed by atoms with van der Waals surface area (Å²) >= 11 is 3.13. The van der Waals surface area contributed by atoms with Crippen molar-refractivity contribution in [2.45, 2.75) is 20.3 Å². The highest BCUT2D eigenvalue weighted by Crippen LogP contribution is 2.29. The van der Waals surface area contributed by atoms with Crippen molar-refractivity contribution in [3.8, 4) is 11.5 Å². The van der Waals surface area contributed by atoms with E-state index < -0.39 is 24.3 Å². The first-order valence-electron chi connectivity index (χ1n) is 8.76. The summed E-state index contributed by atoms with van der Waals surface area (Å²) in [6.07, 6.45) is 0.837. The van der Waals surface area contributed by atoms with Gasteiger partial charge in [0.15, 0.2) is 18.1 Å². The van der Waals surface area contributed by atoms with E-state index in [0.717, 1.165) is 6.42 Å². The Morgan fingerprint density at radius 1 is 1.07 bits per heavy atom. The number of ether oxygens (including phenoxy) is 3. The molecule has 28 heavy (non-hydrogen) atoms. The number of benzene rings is 2. The molecule has 1 N–H and O–H groups in total. The molecule has 2 aromatic carbocycles. The van der Waals surface area contributed by atoms with Gasteiger partial charge in [0, 0.05) is 4.47 Å². The van der Waals surface area contributed by atoms with Crippen LogP contribution in [-0.2, 0) is 9.53 Å². The van der Waals surface area contributed by atoms with Gasteiger partial charge in [0.1, 0.15) is 5.82 Å². The zero-order valence-electron chi connectivity index (χ0n) is 15.6. The molecule has 0 aliphatic heterocycles. The van der Waals surface area contributed by atoms with Crippen LogP contribution in [0.1, 0.15) is 30.6 Å². The summed E-state index contributed by atoms with van der Waals surface area (Å²) in [5.74, 6) is -0.995. The van der Waals surface area contributed by atoms with Gasteiger partial charge in [-0.25, -0.2) is 9.18 Å². The number of amides is 1. The van der Waals surface area contributed by atoms with Crippen LogP contribution in [0.4, 0.5) is 10.1 Å². The van der Waals surface area contributed by atoms with Crippen molar-refractivity contribution in [3.05, 3.63) is 52.3 Å². The van der Waals surface area contributed by atoms with Crippen LogP contribution in [0.25, 0.3) is 0 Å². The lowest BCUT2D eigenvalue weighted by Crippen LogP contribution is -2.21. The zero-order valence-corrected chi connectivity index (χ0v) is 17.2. The van der Waals surface area contributed by atoms with Crippen LogP contribution in [0.15, 0.2) is 40.9 Å². The number of esters is 1. The number of nitrogens with one attached hydrogen (secondary N) is 1. The van der Waals surface area contributed by atoms with Crippen LogP contribution in [0, 0.1) is 5.82 Å². The van der Waals surface area contributed by atoms with Crippen molar-refractivity contribution in [1.82, 2.24) is 0 Å². The molecule has 0 bridgehead atoms. The molecule has 2 rings (SSSR count). The van der Waals surface area contributed by atoms with Crippen LogP contribution in [-0.4, -0.2) is 31.7 Å². The minimum Gasteiger partial charge on any atom is -0.490 e. The fourth-order valence-electron chi connectivity index (χ4n) is 2.23. The SMILES string of the molecule is CCCOc1ccc(C(=O)OCC(=O)Nc2ccc(Br)cc2F)cc1OCC. The quantitative estimate of drug-likeness (QED) is 0.562. The Labute approximate surface area is 171 Å². The van der Waals surface area contributed by atoms with Crippen molar-refractivity contribution in [2.75, 3.05) is 25.1 Å². The standard InChI is InChI=1S/C20H21BrFNO5/c1-3-9-27-17-8-5-13(10-18(17)26-4-2)20(25)28-12-19(24)23-16-7-6-14(21)11-15(16)22/h5-8,10-11H,3-4,9,12H2,1-2H3,(H,23,24). The molecule has 0 saturated heterocycles. The van der Waals surface area contributed by atoms with E-state index in [1.165, 1.54) is 24.3 Å². The number of carbonyl (C=O) groups is 2. The molecule has 0 aliphatic rings. The first-order chi connectivity index (χ1) is 13.4. The Hall–Kier alpha value is -2.61. The van der Waals surface area contributed by atoms with Gasteiger partial charge in [-0.1, -0.05) is 22.9 Å². The molecule has 2 aromatic rings. The van der Waals surface area contributed by atoms with E-state index in [4.69, 9.17) is 14.2 Å². The molecule has 8 heteroatoms. The Balaban J connectivity index is 1.97. The summed E-state index contributed by atoms with van der Waals surface area (Å²) in [7, 11) is 0. The molecule has 0 aromatic heterocycles. The van der Waals surface area contributed by atoms with Gasteiger partial charge in [-0.05, 0) is 49.7 Å². The minimum atomic E-state index is -0.700. The third kappa shape index (κ3) is 6.23. The van der Waals surface area contributed by atoms with Crippen molar-refractivity contribution in [3.63, 3.8) is 0 Å². The van der Waals surface area contributed by atoms with Gasteiger partial charge in [-0.2, -0.15) is 0 Å². The Bertz CT molecular complexity index is 843. The number of carbonyl (C=O) groups excluding carboxylic acids is 2. The summed E-state index contributed by atoms with van der Waals surface area (Å²) in [4.78, 5) is 24.1. The monoisotopic (exact) mass is 453 g/mol. The molecule has 0 radical (unpaired) electrons. The molecule has 0 unspecified atom stereocenters. The maximum Gasteiger partial charge on any atom is 0.338 e. The fraction of sp³-hybridized carbons (Fsp3) is 0.300. The van der Waals surface area contributed by atoms with Gasteiger partial charge in [-0.15, -0.1) is 0 Å². The second-order valence-electron chi connectivity index (χ2n) is 5.69. The van der Waals surface area contributed by atoms with Crippen molar-refractivity contribution in [1.29, 1.82) is 0 Å². The number of anilines is 1. The summed E-state index contributed by atoms with van der Waals surface area (Å²) in [6.45, 7) is 4.18. The fourth-order valence-corrected chi connectivity index (χ4v) is 2.56. The van der Waals surface area contributed by atoms with E-state index in [2.05, 4.69) is 21.2 Å². The molecule has 0 spiro atoms. The van der Waals surface area contributed by atoms with Gasteiger partial charge in [0.2, 0.25) is 0 Å². The van der Waals surface area contributed by atoms with Gasteiger partial charge < -0.3 is 19.5 Å². The molecule has 0 saturated carbocycles. The molecule has 0 aliphatic carbocycles. The highest BCUT2D eigenvalue weighted by Gasteiger charge is 2.15. The number of hydrogen-bond donors (Lipinski definition) is 1. The molecule has 0 atom stereocenters. The molecule has 150 valence electrons. The molecule has 6 nitrogen and oxygen atoms in total. The predicted molar refractivity (Wildman–Crippen MR) is 106 cm³/mol. The van der Waals surface area contributed by atoms with Crippen molar-refractivity contribution >= 4 is 33.5 Å². The lowest BCUT2D eigenvalue weighted by molar-refractivity contribution is -0.119. The lowest BCUT2D eigenvalue weighted by atomic mass is 10.2. The highest BCUT2D eigenvalue weighted by molar-refractivity contribution is 9.10. The molecule has 0 fully saturated rings. The van der Waals surface area contributed by atoms with Crippen LogP contribution in [0.5, 0.6) is 11.5 Å². The number of halogens is 2. The third-order valence-electron chi connectivity index (χ3n) is 3.48. The van der Waals surface area contributed by atoms with Crippen LogP contribution in [0.2, 0.25) is 0 Å². The van der Waals surface area contributed by atoms with Gasteiger partial charge >= 0.3 is 5.97 Å². The highest BCUT2D eigenvalue weighted by atomic mass is 79.9. The average Bonchev–Trinajstić information content (AvgIpc) is 2.67. The summed E-state index contributed by atoms with van der Waals surface area (Å²) in [6, 6.07) is 8.86. The first-order valence-corrected chi connectivity index (χ1v) is 9.55. The zero-order chi connectivity index (χ0) is 20.5. The topological polar surface area (TPSA) is 73.9 Å². The second-order valence-corrected chi connectivity index (χ2v) is 6.61. The normalized spacial score (nSPS) is 10.3. The molecule has 1 amide bonds. The summed E-state index contributed by atoms with van der Waals surface area (Å²) in [5, 5.41) is 2.35. The second kappa shape index (κ2) is 10.7. The van der Waals surface area contributed by atoms with Crippen molar-refractivity contribution < 1.29 is 28.2 Å². The Kier molecular flexibility index (Phi) is 8.25. The largest absolute Gasteiger partial charge is 0.490 e. The predicted octanol–water partition coefficient (Wildman–Crippen LogP) is 4.57. The Morgan fingerprint density at radius 2 is 1.86 bits per heavy atom.